The highest BCUT2D eigenvalue weighted by Gasteiger charge is 2.17. The van der Waals surface area contributed by atoms with Crippen LogP contribution in [-0.4, -0.2) is 45.8 Å². The highest BCUT2D eigenvalue weighted by atomic mass is 127. The van der Waals surface area contributed by atoms with E-state index in [4.69, 9.17) is 15.2 Å². The van der Waals surface area contributed by atoms with Crippen LogP contribution < -0.4 is 21.1 Å². The first kappa shape index (κ1) is 26.6. The van der Waals surface area contributed by atoms with Crippen LogP contribution in [0, 0.1) is 11.7 Å². The smallest absolute Gasteiger partial charge is 0.222 e. The van der Waals surface area contributed by atoms with E-state index in [-0.39, 0.29) is 29.8 Å². The molecule has 1 amide bonds. The monoisotopic (exact) mass is 544 g/mol. The van der Waals surface area contributed by atoms with Crippen LogP contribution >= 0.6 is 24.0 Å². The maximum atomic E-state index is 13.1. The minimum Gasteiger partial charge on any atom is -0.493 e. The number of halogens is 2. The summed E-state index contributed by atoms with van der Waals surface area (Å²) in [6.07, 6.45) is 1.21. The predicted molar refractivity (Wildman–Crippen MR) is 132 cm³/mol. The second kappa shape index (κ2) is 14.6. The highest BCUT2D eigenvalue weighted by Crippen LogP contribution is 2.17. The van der Waals surface area contributed by atoms with Gasteiger partial charge in [-0.1, -0.05) is 18.2 Å². The number of guanidine groups is 1. The zero-order valence-corrected chi connectivity index (χ0v) is 20.1. The second-order valence-corrected chi connectivity index (χ2v) is 6.73. The number of ether oxygens (including phenoxy) is 2. The van der Waals surface area contributed by atoms with Crippen molar-refractivity contribution in [2.45, 2.75) is 12.8 Å². The standard InChI is InChI=1S/C22H29FN4O3.HI/c1-25-22(27-19-5-3-6-20(14-19)30-12-4-11-29-2)26-15-17(21(24)28)13-16-7-9-18(23)10-8-16;/h3,5-10,14,17H,4,11-13,15H2,1-2H3,(H2,24,28)(H2,25,26,27);1H. The van der Waals surface area contributed by atoms with Gasteiger partial charge in [0.15, 0.2) is 5.96 Å². The first-order valence-electron chi connectivity index (χ1n) is 9.75. The minimum absolute atomic E-state index is 0. The van der Waals surface area contributed by atoms with Gasteiger partial charge in [-0.25, -0.2) is 4.39 Å². The quantitative estimate of drug-likeness (QED) is 0.175. The molecule has 7 nitrogen and oxygen atoms in total. The summed E-state index contributed by atoms with van der Waals surface area (Å²) in [5.74, 6) is 0.00924. The lowest BCUT2D eigenvalue weighted by Gasteiger charge is -2.17. The molecule has 1 atom stereocenters. The van der Waals surface area contributed by atoms with Crippen molar-refractivity contribution >= 4 is 41.5 Å². The topological polar surface area (TPSA) is 98.0 Å². The molecule has 0 aliphatic carbocycles. The summed E-state index contributed by atoms with van der Waals surface area (Å²) in [5, 5.41) is 6.29. The van der Waals surface area contributed by atoms with Crippen LogP contribution in [0.4, 0.5) is 10.1 Å². The summed E-state index contributed by atoms with van der Waals surface area (Å²) in [7, 11) is 3.30. The zero-order chi connectivity index (χ0) is 21.8. The molecule has 0 saturated carbocycles. The zero-order valence-electron chi connectivity index (χ0n) is 17.8. The van der Waals surface area contributed by atoms with Crippen LogP contribution in [0.2, 0.25) is 0 Å². The Morgan fingerprint density at radius 3 is 2.58 bits per heavy atom. The Labute approximate surface area is 199 Å². The van der Waals surface area contributed by atoms with Crippen LogP contribution in [0.25, 0.3) is 0 Å². The van der Waals surface area contributed by atoms with Gasteiger partial charge >= 0.3 is 0 Å². The molecular weight excluding hydrogens is 514 g/mol. The van der Waals surface area contributed by atoms with Crippen molar-refractivity contribution in [1.82, 2.24) is 5.32 Å². The summed E-state index contributed by atoms with van der Waals surface area (Å²) in [6.45, 7) is 1.50. The van der Waals surface area contributed by atoms with Crippen molar-refractivity contribution < 1.29 is 18.7 Å². The Morgan fingerprint density at radius 2 is 1.94 bits per heavy atom. The van der Waals surface area contributed by atoms with Gasteiger partial charge in [0.25, 0.3) is 0 Å². The number of primary amides is 1. The van der Waals surface area contributed by atoms with Crippen molar-refractivity contribution in [2.24, 2.45) is 16.6 Å². The Balaban J connectivity index is 0.00000480. The van der Waals surface area contributed by atoms with Crippen LogP contribution in [0.1, 0.15) is 12.0 Å². The number of carbonyl (C=O) groups is 1. The van der Waals surface area contributed by atoms with Crippen molar-refractivity contribution in [3.8, 4) is 5.75 Å². The largest absolute Gasteiger partial charge is 0.493 e. The van der Waals surface area contributed by atoms with Gasteiger partial charge in [-0.15, -0.1) is 24.0 Å². The molecule has 0 radical (unpaired) electrons. The summed E-state index contributed by atoms with van der Waals surface area (Å²) < 4.78 is 23.8. The van der Waals surface area contributed by atoms with E-state index in [1.54, 1.807) is 26.3 Å². The van der Waals surface area contributed by atoms with Crippen molar-refractivity contribution in [3.63, 3.8) is 0 Å². The van der Waals surface area contributed by atoms with E-state index in [1.807, 2.05) is 24.3 Å². The molecule has 0 bridgehead atoms. The molecule has 0 spiro atoms. The predicted octanol–water partition coefficient (Wildman–Crippen LogP) is 3.19. The number of nitrogens with one attached hydrogen (secondary N) is 2. The average molecular weight is 544 g/mol. The van der Waals surface area contributed by atoms with Gasteiger partial charge in [0.2, 0.25) is 5.91 Å². The van der Waals surface area contributed by atoms with Crippen molar-refractivity contribution in [2.75, 3.05) is 39.2 Å². The van der Waals surface area contributed by atoms with Crippen LogP contribution in [0.5, 0.6) is 5.75 Å². The van der Waals surface area contributed by atoms with Gasteiger partial charge < -0.3 is 25.8 Å². The molecule has 0 aromatic heterocycles. The van der Waals surface area contributed by atoms with E-state index in [2.05, 4.69) is 15.6 Å². The number of aliphatic imine (C=N–C) groups is 1. The number of amides is 1. The Morgan fingerprint density at radius 1 is 1.19 bits per heavy atom. The van der Waals surface area contributed by atoms with Gasteiger partial charge in [-0.3, -0.25) is 9.79 Å². The molecule has 1 unspecified atom stereocenters. The van der Waals surface area contributed by atoms with Gasteiger partial charge in [0.05, 0.1) is 12.5 Å². The third kappa shape index (κ3) is 9.97. The lowest BCUT2D eigenvalue weighted by molar-refractivity contribution is -0.121. The van der Waals surface area contributed by atoms with Crippen molar-refractivity contribution in [1.29, 1.82) is 0 Å². The second-order valence-electron chi connectivity index (χ2n) is 6.73. The molecule has 2 aromatic carbocycles. The molecular formula is C22H30FIN4O3. The van der Waals surface area contributed by atoms with Crippen molar-refractivity contribution in [3.05, 3.63) is 59.9 Å². The van der Waals surface area contributed by atoms with Crippen LogP contribution in [-0.2, 0) is 16.0 Å². The average Bonchev–Trinajstić information content (AvgIpc) is 2.74. The summed E-state index contributed by atoms with van der Waals surface area (Å²) >= 11 is 0. The number of anilines is 1. The Hall–Kier alpha value is -2.40. The number of carbonyl (C=O) groups excluding carboxylic acids is 1. The molecule has 0 aliphatic heterocycles. The lowest BCUT2D eigenvalue weighted by atomic mass is 9.98. The van der Waals surface area contributed by atoms with Gasteiger partial charge in [0.1, 0.15) is 11.6 Å². The SMILES string of the molecule is CN=C(NCC(Cc1ccc(F)cc1)C(N)=O)Nc1cccc(OCCCOC)c1.I. The van der Waals surface area contributed by atoms with E-state index >= 15 is 0 Å². The molecule has 0 aliphatic rings. The van der Waals surface area contributed by atoms with E-state index in [0.29, 0.717) is 32.1 Å². The molecule has 0 heterocycles. The van der Waals surface area contributed by atoms with E-state index < -0.39 is 11.8 Å². The molecule has 170 valence electrons. The lowest BCUT2D eigenvalue weighted by Crippen LogP contribution is -2.40. The van der Waals surface area contributed by atoms with Crippen LogP contribution in [0.15, 0.2) is 53.5 Å². The molecule has 0 saturated heterocycles. The molecule has 31 heavy (non-hydrogen) atoms. The number of nitrogens with zero attached hydrogens (tertiary/aromatic N) is 1. The van der Waals surface area contributed by atoms with Gasteiger partial charge in [-0.05, 0) is 36.2 Å². The highest BCUT2D eigenvalue weighted by molar-refractivity contribution is 14.0. The number of hydrogen-bond donors (Lipinski definition) is 3. The molecule has 2 rings (SSSR count). The summed E-state index contributed by atoms with van der Waals surface area (Å²) in [6, 6.07) is 13.5. The van der Waals surface area contributed by atoms with E-state index in [0.717, 1.165) is 23.4 Å². The Bertz CT molecular complexity index is 834. The fourth-order valence-corrected chi connectivity index (χ4v) is 2.77. The molecule has 9 heteroatoms. The summed E-state index contributed by atoms with van der Waals surface area (Å²) in [4.78, 5) is 16.0. The maximum Gasteiger partial charge on any atom is 0.222 e. The summed E-state index contributed by atoms with van der Waals surface area (Å²) in [5.41, 5.74) is 7.17. The number of nitrogens with two attached hydrogens (primary N) is 1. The van der Waals surface area contributed by atoms with Crippen LogP contribution in [0.3, 0.4) is 0 Å². The molecule has 2 aromatic rings. The Kier molecular flexibility index (Phi) is 12.5. The maximum absolute atomic E-state index is 13.1. The third-order valence-electron chi connectivity index (χ3n) is 4.40. The normalized spacial score (nSPS) is 11.9. The number of benzene rings is 2. The number of methoxy groups -OCH3 is 1. The fourth-order valence-electron chi connectivity index (χ4n) is 2.77. The van der Waals surface area contributed by atoms with E-state index in [1.165, 1.54) is 12.1 Å². The first-order chi connectivity index (χ1) is 14.5. The minimum atomic E-state index is -0.468. The van der Waals surface area contributed by atoms with Gasteiger partial charge in [0, 0.05) is 45.5 Å². The van der Waals surface area contributed by atoms with E-state index in [9.17, 15) is 9.18 Å². The number of rotatable bonds is 11. The van der Waals surface area contributed by atoms with Gasteiger partial charge in [-0.2, -0.15) is 0 Å². The fraction of sp³-hybridized carbons (Fsp3) is 0.364. The molecule has 0 fully saturated rings. The molecule has 4 N–H and O–H groups in total. The first-order valence-corrected chi connectivity index (χ1v) is 9.75. The number of hydrogen-bond acceptors (Lipinski definition) is 4. The third-order valence-corrected chi connectivity index (χ3v) is 4.40.